The fourth-order valence-corrected chi connectivity index (χ4v) is 3.88. The highest BCUT2D eigenvalue weighted by molar-refractivity contribution is 5.88. The van der Waals surface area contributed by atoms with Crippen LogP contribution in [0.1, 0.15) is 56.2 Å². The van der Waals surface area contributed by atoms with E-state index in [1.165, 1.54) is 5.56 Å². The number of fused-ring (bicyclic) bond motifs is 1. The lowest BCUT2D eigenvalue weighted by molar-refractivity contribution is -0.121. The van der Waals surface area contributed by atoms with Gasteiger partial charge < -0.3 is 19.8 Å². The van der Waals surface area contributed by atoms with Gasteiger partial charge in [0.2, 0.25) is 5.91 Å². The monoisotopic (exact) mass is 408 g/mol. The third-order valence-electron chi connectivity index (χ3n) is 5.78. The molecule has 0 saturated heterocycles. The van der Waals surface area contributed by atoms with Crippen LogP contribution in [0.15, 0.2) is 42.6 Å². The number of benzene rings is 2. The van der Waals surface area contributed by atoms with Gasteiger partial charge in [0.05, 0.1) is 14.2 Å². The Hall–Kier alpha value is -2.95. The molecular weight excluding hydrogens is 376 g/mol. The molecule has 2 unspecified atom stereocenters. The Labute approximate surface area is 178 Å². The van der Waals surface area contributed by atoms with Gasteiger partial charge in [0.15, 0.2) is 0 Å². The molecule has 3 rings (SSSR count). The van der Waals surface area contributed by atoms with E-state index in [4.69, 9.17) is 9.47 Å². The highest BCUT2D eigenvalue weighted by Gasteiger charge is 2.24. The zero-order valence-electron chi connectivity index (χ0n) is 18.5. The number of hydrogen-bond acceptors (Lipinski definition) is 3. The molecule has 3 aromatic rings. The molecule has 2 atom stereocenters. The second-order valence-corrected chi connectivity index (χ2v) is 7.72. The van der Waals surface area contributed by atoms with Gasteiger partial charge in [0.25, 0.3) is 0 Å². The molecule has 2 N–H and O–H groups in total. The number of nitrogens with one attached hydrogen (secondary N) is 2. The summed E-state index contributed by atoms with van der Waals surface area (Å²) in [7, 11) is 3.28. The van der Waals surface area contributed by atoms with Gasteiger partial charge >= 0.3 is 0 Å². The molecule has 2 aromatic carbocycles. The van der Waals surface area contributed by atoms with E-state index in [1.54, 1.807) is 14.2 Å². The van der Waals surface area contributed by atoms with Crippen molar-refractivity contribution in [3.05, 3.63) is 59.3 Å². The minimum absolute atomic E-state index is 0.0390. The number of methoxy groups -OCH3 is 2. The van der Waals surface area contributed by atoms with Crippen molar-refractivity contribution in [1.29, 1.82) is 0 Å². The predicted octanol–water partition coefficient (Wildman–Crippen LogP) is 5.18. The highest BCUT2D eigenvalue weighted by Crippen LogP contribution is 2.37. The van der Waals surface area contributed by atoms with Crippen LogP contribution >= 0.6 is 0 Å². The molecule has 0 radical (unpaired) electrons. The zero-order valence-corrected chi connectivity index (χ0v) is 18.5. The Morgan fingerprint density at radius 3 is 2.40 bits per heavy atom. The lowest BCUT2D eigenvalue weighted by Gasteiger charge is -2.20. The molecule has 0 spiro atoms. The number of H-pyrrole nitrogens is 1. The first kappa shape index (κ1) is 21.8. The Morgan fingerprint density at radius 1 is 1.10 bits per heavy atom. The summed E-state index contributed by atoms with van der Waals surface area (Å²) in [5, 5.41) is 4.26. The minimum Gasteiger partial charge on any atom is -0.497 e. The van der Waals surface area contributed by atoms with E-state index in [1.807, 2.05) is 31.3 Å². The van der Waals surface area contributed by atoms with Gasteiger partial charge in [-0.2, -0.15) is 0 Å². The van der Waals surface area contributed by atoms with Gasteiger partial charge in [0, 0.05) is 41.5 Å². The SMILES string of the molecule is CCc1cccc2c(C(CC(=O)NC(C)CC)c3cc(OC)cc(OC)c3)c[nH]c12. The number of carbonyl (C=O) groups is 1. The fraction of sp³-hybridized carbons (Fsp3) is 0.400. The van der Waals surface area contributed by atoms with Crippen LogP contribution < -0.4 is 14.8 Å². The van der Waals surface area contributed by atoms with E-state index in [-0.39, 0.29) is 17.9 Å². The van der Waals surface area contributed by atoms with Crippen molar-refractivity contribution in [2.24, 2.45) is 0 Å². The Kier molecular flexibility index (Phi) is 7.03. The van der Waals surface area contributed by atoms with Crippen molar-refractivity contribution >= 4 is 16.8 Å². The fourth-order valence-electron chi connectivity index (χ4n) is 3.88. The van der Waals surface area contributed by atoms with Crippen LogP contribution in [0.25, 0.3) is 10.9 Å². The van der Waals surface area contributed by atoms with Crippen molar-refractivity contribution < 1.29 is 14.3 Å². The summed E-state index contributed by atoms with van der Waals surface area (Å²) in [6.45, 7) is 6.25. The Balaban J connectivity index is 2.10. The molecule has 0 bridgehead atoms. The standard InChI is InChI=1S/C25H32N2O3/c1-6-16(3)27-24(28)14-22(18-11-19(29-4)13-20(12-18)30-5)23-15-26-25-17(7-2)9-8-10-21(23)25/h8-13,15-16,22,26H,6-7,14H2,1-5H3,(H,27,28). The highest BCUT2D eigenvalue weighted by atomic mass is 16.5. The maximum atomic E-state index is 12.9. The van der Waals surface area contributed by atoms with Crippen molar-refractivity contribution in [2.45, 2.75) is 52.0 Å². The summed E-state index contributed by atoms with van der Waals surface area (Å²) in [6.07, 6.45) is 4.24. The summed E-state index contributed by atoms with van der Waals surface area (Å²) in [4.78, 5) is 16.3. The molecule has 1 amide bonds. The van der Waals surface area contributed by atoms with E-state index in [9.17, 15) is 4.79 Å². The first-order valence-electron chi connectivity index (χ1n) is 10.6. The molecule has 0 aliphatic heterocycles. The van der Waals surface area contributed by atoms with Crippen LogP contribution in [0.4, 0.5) is 0 Å². The average molecular weight is 409 g/mol. The van der Waals surface area contributed by atoms with E-state index in [0.29, 0.717) is 17.9 Å². The lowest BCUT2D eigenvalue weighted by Crippen LogP contribution is -2.33. The molecule has 160 valence electrons. The summed E-state index contributed by atoms with van der Waals surface area (Å²) < 4.78 is 11.0. The van der Waals surface area contributed by atoms with E-state index < -0.39 is 0 Å². The number of aromatic nitrogens is 1. The smallest absolute Gasteiger partial charge is 0.221 e. The molecule has 0 saturated carbocycles. The van der Waals surface area contributed by atoms with E-state index in [2.05, 4.69) is 42.3 Å². The molecule has 1 heterocycles. The molecule has 5 nitrogen and oxygen atoms in total. The van der Waals surface area contributed by atoms with Crippen LogP contribution in [0.5, 0.6) is 11.5 Å². The number of para-hydroxylation sites is 1. The van der Waals surface area contributed by atoms with Crippen LogP contribution in [-0.2, 0) is 11.2 Å². The third kappa shape index (κ3) is 4.61. The first-order valence-corrected chi connectivity index (χ1v) is 10.6. The maximum absolute atomic E-state index is 12.9. The summed E-state index contributed by atoms with van der Waals surface area (Å²) in [5.74, 6) is 1.34. The van der Waals surface area contributed by atoms with E-state index >= 15 is 0 Å². The van der Waals surface area contributed by atoms with Gasteiger partial charge in [-0.3, -0.25) is 4.79 Å². The number of rotatable bonds is 9. The molecule has 0 aliphatic rings. The predicted molar refractivity (Wildman–Crippen MR) is 122 cm³/mol. The molecule has 0 aliphatic carbocycles. The number of aromatic amines is 1. The number of ether oxygens (including phenoxy) is 2. The largest absolute Gasteiger partial charge is 0.497 e. The van der Waals surface area contributed by atoms with Crippen molar-refractivity contribution in [3.63, 3.8) is 0 Å². The van der Waals surface area contributed by atoms with Crippen molar-refractivity contribution in [2.75, 3.05) is 14.2 Å². The van der Waals surface area contributed by atoms with Gasteiger partial charge in [-0.25, -0.2) is 0 Å². The Bertz CT molecular complexity index is 987. The topological polar surface area (TPSA) is 63.4 Å². The van der Waals surface area contributed by atoms with Crippen LogP contribution in [0.3, 0.4) is 0 Å². The summed E-state index contributed by atoms with van der Waals surface area (Å²) in [5.41, 5.74) is 4.50. The van der Waals surface area contributed by atoms with Gasteiger partial charge in [0.1, 0.15) is 11.5 Å². The normalized spacial score (nSPS) is 13.1. The van der Waals surface area contributed by atoms with Crippen LogP contribution in [0, 0.1) is 0 Å². The van der Waals surface area contributed by atoms with Crippen LogP contribution in [0.2, 0.25) is 0 Å². The second-order valence-electron chi connectivity index (χ2n) is 7.72. The maximum Gasteiger partial charge on any atom is 0.221 e. The second kappa shape index (κ2) is 9.70. The number of amides is 1. The molecule has 1 aromatic heterocycles. The molecule has 5 heteroatoms. The minimum atomic E-state index is -0.126. The van der Waals surface area contributed by atoms with Gasteiger partial charge in [-0.15, -0.1) is 0 Å². The van der Waals surface area contributed by atoms with Crippen LogP contribution in [-0.4, -0.2) is 31.2 Å². The number of carbonyl (C=O) groups excluding carboxylic acids is 1. The Morgan fingerprint density at radius 2 is 1.80 bits per heavy atom. The zero-order chi connectivity index (χ0) is 21.7. The summed E-state index contributed by atoms with van der Waals surface area (Å²) >= 11 is 0. The van der Waals surface area contributed by atoms with Gasteiger partial charge in [-0.05, 0) is 48.6 Å². The molecule has 0 fully saturated rings. The van der Waals surface area contributed by atoms with E-state index in [0.717, 1.165) is 34.9 Å². The molecular formula is C25H32N2O3. The lowest BCUT2D eigenvalue weighted by atomic mass is 9.87. The van der Waals surface area contributed by atoms with Crippen molar-refractivity contribution in [3.8, 4) is 11.5 Å². The summed E-state index contributed by atoms with van der Waals surface area (Å²) in [6, 6.07) is 12.3. The quantitative estimate of drug-likeness (QED) is 0.512. The van der Waals surface area contributed by atoms with Crippen molar-refractivity contribution in [1.82, 2.24) is 10.3 Å². The first-order chi connectivity index (χ1) is 14.5. The number of hydrogen-bond donors (Lipinski definition) is 2. The third-order valence-corrected chi connectivity index (χ3v) is 5.78. The van der Waals surface area contributed by atoms with Gasteiger partial charge in [-0.1, -0.05) is 32.0 Å². The average Bonchev–Trinajstić information content (AvgIpc) is 3.20. The number of aryl methyl sites for hydroxylation is 1. The molecule has 30 heavy (non-hydrogen) atoms.